The lowest BCUT2D eigenvalue weighted by atomic mass is 9.89. The number of rotatable bonds is 5. The maximum atomic E-state index is 5.16. The Morgan fingerprint density at radius 2 is 1.00 bits per heavy atom. The van der Waals surface area contributed by atoms with Gasteiger partial charge in [0.25, 0.3) is 0 Å². The summed E-state index contributed by atoms with van der Waals surface area (Å²) >= 11 is 0. The minimum atomic E-state index is 0.632. The molecule has 0 spiro atoms. The second kappa shape index (κ2) is 12.3. The first kappa shape index (κ1) is 29.8. The third kappa shape index (κ3) is 5.45. The summed E-state index contributed by atoms with van der Waals surface area (Å²) in [6, 6.07) is 49.7. The monoisotopic (exact) mass is 642 g/mol. The molecule has 0 atom stereocenters. The molecule has 0 amide bonds. The first-order chi connectivity index (χ1) is 24.6. The van der Waals surface area contributed by atoms with E-state index in [-0.39, 0.29) is 0 Å². The molecule has 0 aliphatic carbocycles. The molecule has 0 N–H and O–H groups in total. The predicted molar refractivity (Wildman–Crippen MR) is 208 cm³/mol. The number of para-hydroxylation sites is 1. The van der Waals surface area contributed by atoms with Gasteiger partial charge in [0.2, 0.25) is 0 Å². The van der Waals surface area contributed by atoms with Gasteiger partial charge in [-0.3, -0.25) is 4.99 Å². The Hall–Kier alpha value is -6.26. The van der Waals surface area contributed by atoms with Crippen LogP contribution in [0.1, 0.15) is 23.1 Å². The maximum absolute atomic E-state index is 5.16. The van der Waals surface area contributed by atoms with Crippen LogP contribution in [0.3, 0.4) is 0 Å². The molecule has 2 heterocycles. The maximum Gasteiger partial charge on any atom is 0.164 e. The molecule has 1 aliphatic rings. The second-order valence-corrected chi connectivity index (χ2v) is 13.2. The molecular formula is C46H34N4. The highest BCUT2D eigenvalue weighted by Crippen LogP contribution is 2.42. The highest BCUT2D eigenvalue weighted by atomic mass is 15.0. The van der Waals surface area contributed by atoms with E-state index in [1.165, 1.54) is 43.8 Å². The standard InChI is InChI=1S/C46H34N4/c1-29-16-20-32(21-17-29)44-48-45(33-22-18-30(2)19-23-33)50-46(49-44)37-26-35(39-15-7-10-31-11-8-24-47-43(31)39)25-36(27-37)42-28-34-9-3-4-12-38(34)40-13-5-6-14-41(40)42/h3-7,9-10,12-28H,8,11H2,1-2H3. The second-order valence-electron chi connectivity index (χ2n) is 13.2. The number of aryl methyl sites for hydroxylation is 3. The summed E-state index contributed by atoms with van der Waals surface area (Å²) in [5.74, 6) is 1.93. The fraction of sp³-hybridized carbons (Fsp3) is 0.0870. The number of aliphatic imine (C=N–C) groups is 1. The largest absolute Gasteiger partial charge is 0.260 e. The summed E-state index contributed by atoms with van der Waals surface area (Å²) in [6.45, 7) is 4.19. The minimum absolute atomic E-state index is 0.632. The number of hydrogen-bond donors (Lipinski definition) is 0. The molecule has 9 rings (SSSR count). The van der Waals surface area contributed by atoms with E-state index in [0.717, 1.165) is 51.9 Å². The van der Waals surface area contributed by atoms with Crippen molar-refractivity contribution < 1.29 is 0 Å². The van der Waals surface area contributed by atoms with Gasteiger partial charge in [-0.2, -0.15) is 0 Å². The Balaban J connectivity index is 1.33. The molecule has 238 valence electrons. The van der Waals surface area contributed by atoms with Crippen LogP contribution in [0.2, 0.25) is 0 Å². The number of nitrogens with zero attached hydrogens (tertiary/aromatic N) is 4. The van der Waals surface area contributed by atoms with Crippen molar-refractivity contribution in [3.63, 3.8) is 0 Å². The van der Waals surface area contributed by atoms with E-state index >= 15 is 0 Å². The molecule has 1 aromatic heterocycles. The van der Waals surface area contributed by atoms with Crippen molar-refractivity contribution in [1.29, 1.82) is 0 Å². The third-order valence-corrected chi connectivity index (χ3v) is 9.72. The minimum Gasteiger partial charge on any atom is -0.260 e. The molecule has 50 heavy (non-hydrogen) atoms. The lowest BCUT2D eigenvalue weighted by Gasteiger charge is -2.17. The molecule has 8 aromatic rings. The van der Waals surface area contributed by atoms with Crippen LogP contribution in [0.5, 0.6) is 0 Å². The van der Waals surface area contributed by atoms with Gasteiger partial charge in [-0.25, -0.2) is 15.0 Å². The molecular weight excluding hydrogens is 609 g/mol. The van der Waals surface area contributed by atoms with Gasteiger partial charge in [-0.05, 0) is 94.8 Å². The molecule has 0 bridgehead atoms. The van der Waals surface area contributed by atoms with Gasteiger partial charge >= 0.3 is 0 Å². The first-order valence-electron chi connectivity index (χ1n) is 17.2. The first-order valence-corrected chi connectivity index (χ1v) is 17.2. The van der Waals surface area contributed by atoms with Crippen molar-refractivity contribution in [2.75, 3.05) is 0 Å². The van der Waals surface area contributed by atoms with Crippen molar-refractivity contribution in [2.24, 2.45) is 4.99 Å². The van der Waals surface area contributed by atoms with Gasteiger partial charge in [0.05, 0.1) is 5.69 Å². The van der Waals surface area contributed by atoms with Crippen LogP contribution < -0.4 is 0 Å². The van der Waals surface area contributed by atoms with E-state index in [1.54, 1.807) is 0 Å². The molecule has 0 saturated carbocycles. The van der Waals surface area contributed by atoms with Crippen molar-refractivity contribution in [2.45, 2.75) is 26.7 Å². The van der Waals surface area contributed by atoms with Gasteiger partial charge in [-0.15, -0.1) is 0 Å². The summed E-state index contributed by atoms with van der Waals surface area (Å²) in [6.07, 6.45) is 3.99. The van der Waals surface area contributed by atoms with E-state index in [0.29, 0.717) is 17.5 Å². The number of fused-ring (bicyclic) bond motifs is 4. The summed E-state index contributed by atoms with van der Waals surface area (Å²) in [7, 11) is 0. The van der Waals surface area contributed by atoms with Crippen LogP contribution in [0.4, 0.5) is 5.69 Å². The van der Waals surface area contributed by atoms with Gasteiger partial charge in [-0.1, -0.05) is 126 Å². The fourth-order valence-electron chi connectivity index (χ4n) is 7.08. The molecule has 0 fully saturated rings. The molecule has 0 unspecified atom stereocenters. The topological polar surface area (TPSA) is 51.0 Å². The van der Waals surface area contributed by atoms with E-state index in [4.69, 9.17) is 19.9 Å². The normalized spacial score (nSPS) is 12.4. The van der Waals surface area contributed by atoms with E-state index in [2.05, 4.69) is 153 Å². The van der Waals surface area contributed by atoms with E-state index in [9.17, 15) is 0 Å². The summed E-state index contributed by atoms with van der Waals surface area (Å²) in [5, 5.41) is 4.90. The zero-order chi connectivity index (χ0) is 33.6. The van der Waals surface area contributed by atoms with E-state index in [1.807, 2.05) is 6.21 Å². The molecule has 0 radical (unpaired) electrons. The highest BCUT2D eigenvalue weighted by molar-refractivity contribution is 6.14. The Bertz CT molecular complexity index is 2540. The van der Waals surface area contributed by atoms with E-state index < -0.39 is 0 Å². The van der Waals surface area contributed by atoms with Crippen LogP contribution in [0.25, 0.3) is 78.0 Å². The predicted octanol–water partition coefficient (Wildman–Crippen LogP) is 11.8. The van der Waals surface area contributed by atoms with Crippen molar-refractivity contribution in [3.05, 3.63) is 156 Å². The lowest BCUT2D eigenvalue weighted by Crippen LogP contribution is -2.01. The zero-order valence-corrected chi connectivity index (χ0v) is 28.1. The molecule has 4 nitrogen and oxygen atoms in total. The van der Waals surface area contributed by atoms with Crippen LogP contribution in [0.15, 0.2) is 145 Å². The van der Waals surface area contributed by atoms with Crippen LogP contribution >= 0.6 is 0 Å². The smallest absolute Gasteiger partial charge is 0.164 e. The Morgan fingerprint density at radius 1 is 0.440 bits per heavy atom. The van der Waals surface area contributed by atoms with Crippen LogP contribution in [-0.4, -0.2) is 21.2 Å². The zero-order valence-electron chi connectivity index (χ0n) is 28.1. The Kier molecular flexibility index (Phi) is 7.35. The Labute approximate surface area is 291 Å². The lowest BCUT2D eigenvalue weighted by molar-refractivity contribution is 1.03. The fourth-order valence-corrected chi connectivity index (χ4v) is 7.08. The average molecular weight is 643 g/mol. The number of benzene rings is 7. The van der Waals surface area contributed by atoms with Crippen molar-refractivity contribution >= 4 is 33.4 Å². The summed E-state index contributed by atoms with van der Waals surface area (Å²) in [5.41, 5.74) is 12.0. The van der Waals surface area contributed by atoms with Crippen molar-refractivity contribution in [1.82, 2.24) is 15.0 Å². The molecule has 7 aromatic carbocycles. The quantitative estimate of drug-likeness (QED) is 0.176. The SMILES string of the molecule is Cc1ccc(-c2nc(-c3ccc(C)cc3)nc(-c3cc(-c4cccc5c4N=CCC5)cc(-c4cc5ccccc5c5ccccc45)c3)n2)cc1. The highest BCUT2D eigenvalue weighted by Gasteiger charge is 2.19. The van der Waals surface area contributed by atoms with Crippen LogP contribution in [0, 0.1) is 13.8 Å². The third-order valence-electron chi connectivity index (χ3n) is 9.72. The number of hydrogen-bond acceptors (Lipinski definition) is 4. The molecule has 4 heteroatoms. The molecule has 0 saturated heterocycles. The average Bonchev–Trinajstić information content (AvgIpc) is 3.17. The van der Waals surface area contributed by atoms with Gasteiger partial charge in [0, 0.05) is 28.5 Å². The number of aromatic nitrogens is 3. The van der Waals surface area contributed by atoms with Gasteiger partial charge < -0.3 is 0 Å². The van der Waals surface area contributed by atoms with Gasteiger partial charge in [0.15, 0.2) is 17.5 Å². The molecule has 1 aliphatic heterocycles. The van der Waals surface area contributed by atoms with Crippen LogP contribution in [-0.2, 0) is 6.42 Å². The van der Waals surface area contributed by atoms with Crippen molar-refractivity contribution in [3.8, 4) is 56.4 Å². The van der Waals surface area contributed by atoms with Gasteiger partial charge in [0.1, 0.15) is 0 Å². The Morgan fingerprint density at radius 3 is 1.68 bits per heavy atom. The summed E-state index contributed by atoms with van der Waals surface area (Å²) in [4.78, 5) is 20.3. The summed E-state index contributed by atoms with van der Waals surface area (Å²) < 4.78 is 0.